The van der Waals surface area contributed by atoms with Crippen molar-refractivity contribution in [2.75, 3.05) is 0 Å². The summed E-state index contributed by atoms with van der Waals surface area (Å²) in [6.45, 7) is 3.84. The van der Waals surface area contributed by atoms with Crippen LogP contribution in [0.1, 0.15) is 39.5 Å². The lowest BCUT2D eigenvalue weighted by Gasteiger charge is -2.04. The molecule has 2 nitrogen and oxygen atoms in total. The molecule has 0 aromatic carbocycles. The molecule has 2 atom stereocenters. The summed E-state index contributed by atoms with van der Waals surface area (Å²) in [4.78, 5) is 11.0. The standard InChI is InChI=1S/C9H16O2/c1-3-8(10)5-7-6-9(7,11)4-2/h7,11H,3-6H2,1-2H3. The molecular formula is C9H16O2. The van der Waals surface area contributed by atoms with Crippen molar-refractivity contribution in [3.8, 4) is 0 Å². The second kappa shape index (κ2) is 2.94. The Morgan fingerprint density at radius 2 is 2.27 bits per heavy atom. The third-order valence-corrected chi connectivity index (χ3v) is 2.68. The van der Waals surface area contributed by atoms with Gasteiger partial charge in [0.15, 0.2) is 0 Å². The van der Waals surface area contributed by atoms with Crippen molar-refractivity contribution in [3.05, 3.63) is 0 Å². The van der Waals surface area contributed by atoms with Gasteiger partial charge in [-0.3, -0.25) is 4.79 Å². The molecule has 1 saturated carbocycles. The molecular weight excluding hydrogens is 140 g/mol. The highest BCUT2D eigenvalue weighted by Crippen LogP contribution is 2.48. The third-order valence-electron chi connectivity index (χ3n) is 2.68. The van der Waals surface area contributed by atoms with Gasteiger partial charge in [-0.15, -0.1) is 0 Å². The van der Waals surface area contributed by atoms with Crippen LogP contribution in [0.15, 0.2) is 0 Å². The second-order valence-corrected chi connectivity index (χ2v) is 3.45. The Balaban J connectivity index is 2.28. The van der Waals surface area contributed by atoms with E-state index >= 15 is 0 Å². The first-order valence-electron chi connectivity index (χ1n) is 4.36. The number of rotatable bonds is 4. The molecule has 0 heterocycles. The van der Waals surface area contributed by atoms with E-state index in [1.165, 1.54) is 0 Å². The highest BCUT2D eigenvalue weighted by molar-refractivity contribution is 5.78. The molecule has 1 N–H and O–H groups in total. The third kappa shape index (κ3) is 1.80. The first kappa shape index (κ1) is 8.72. The SMILES string of the molecule is CCC(=O)CC1CC1(O)CC. The molecule has 0 aliphatic heterocycles. The minimum absolute atomic E-state index is 0.264. The van der Waals surface area contributed by atoms with Crippen LogP contribution in [0.5, 0.6) is 0 Å². The van der Waals surface area contributed by atoms with Crippen molar-refractivity contribution in [3.63, 3.8) is 0 Å². The van der Waals surface area contributed by atoms with Crippen LogP contribution in [0.4, 0.5) is 0 Å². The first-order valence-corrected chi connectivity index (χ1v) is 4.36. The average Bonchev–Trinajstić information content (AvgIpc) is 2.63. The molecule has 1 fully saturated rings. The molecule has 0 aromatic heterocycles. The Kier molecular flexibility index (Phi) is 2.33. The van der Waals surface area contributed by atoms with Crippen molar-refractivity contribution >= 4 is 5.78 Å². The van der Waals surface area contributed by atoms with Gasteiger partial charge in [-0.2, -0.15) is 0 Å². The number of carbonyl (C=O) groups excluding carboxylic acids is 1. The van der Waals surface area contributed by atoms with Gasteiger partial charge in [-0.05, 0) is 18.8 Å². The van der Waals surface area contributed by atoms with Crippen LogP contribution in [0.25, 0.3) is 0 Å². The minimum atomic E-state index is -0.481. The van der Waals surface area contributed by atoms with E-state index in [1.807, 2.05) is 13.8 Å². The first-order chi connectivity index (χ1) is 5.12. The molecule has 11 heavy (non-hydrogen) atoms. The smallest absolute Gasteiger partial charge is 0.133 e. The Bertz CT molecular complexity index is 165. The van der Waals surface area contributed by atoms with Gasteiger partial charge in [0.2, 0.25) is 0 Å². The topological polar surface area (TPSA) is 37.3 Å². The zero-order valence-electron chi connectivity index (χ0n) is 7.26. The van der Waals surface area contributed by atoms with Crippen molar-refractivity contribution in [2.45, 2.75) is 45.1 Å². The number of hydrogen-bond donors (Lipinski definition) is 1. The van der Waals surface area contributed by atoms with Gasteiger partial charge < -0.3 is 5.11 Å². The molecule has 0 radical (unpaired) electrons. The van der Waals surface area contributed by atoms with Gasteiger partial charge in [-0.25, -0.2) is 0 Å². The summed E-state index contributed by atoms with van der Waals surface area (Å²) < 4.78 is 0. The molecule has 2 heteroatoms. The van der Waals surface area contributed by atoms with E-state index in [2.05, 4.69) is 0 Å². The fourth-order valence-corrected chi connectivity index (χ4v) is 1.48. The highest BCUT2D eigenvalue weighted by Gasteiger charge is 2.51. The Labute approximate surface area is 67.6 Å². The predicted molar refractivity (Wildman–Crippen MR) is 43.3 cm³/mol. The van der Waals surface area contributed by atoms with Crippen molar-refractivity contribution in [2.24, 2.45) is 5.92 Å². The summed E-state index contributed by atoms with van der Waals surface area (Å²) in [7, 11) is 0. The summed E-state index contributed by atoms with van der Waals surface area (Å²) in [6, 6.07) is 0. The van der Waals surface area contributed by atoms with E-state index in [0.717, 1.165) is 12.8 Å². The van der Waals surface area contributed by atoms with E-state index in [1.54, 1.807) is 0 Å². The summed E-state index contributed by atoms with van der Waals surface area (Å²) in [6.07, 6.45) is 2.81. The molecule has 2 unspecified atom stereocenters. The lowest BCUT2D eigenvalue weighted by atomic mass is 10.1. The summed E-state index contributed by atoms with van der Waals surface area (Å²) in [5.41, 5.74) is -0.481. The maximum Gasteiger partial charge on any atom is 0.133 e. The Morgan fingerprint density at radius 3 is 2.64 bits per heavy atom. The normalized spacial score (nSPS) is 35.4. The Hall–Kier alpha value is -0.370. The van der Waals surface area contributed by atoms with Crippen LogP contribution in [-0.4, -0.2) is 16.5 Å². The maximum absolute atomic E-state index is 11.0. The maximum atomic E-state index is 11.0. The van der Waals surface area contributed by atoms with E-state index in [9.17, 15) is 9.90 Å². The van der Waals surface area contributed by atoms with Crippen LogP contribution in [0, 0.1) is 5.92 Å². The largest absolute Gasteiger partial charge is 0.390 e. The number of hydrogen-bond acceptors (Lipinski definition) is 2. The van der Waals surface area contributed by atoms with Crippen LogP contribution in [0.2, 0.25) is 0 Å². The van der Waals surface area contributed by atoms with Crippen LogP contribution in [-0.2, 0) is 4.79 Å². The highest BCUT2D eigenvalue weighted by atomic mass is 16.3. The van der Waals surface area contributed by atoms with Crippen molar-refractivity contribution in [1.29, 1.82) is 0 Å². The van der Waals surface area contributed by atoms with Gasteiger partial charge in [0.1, 0.15) is 5.78 Å². The quantitative estimate of drug-likeness (QED) is 0.670. The molecule has 64 valence electrons. The average molecular weight is 156 g/mol. The Morgan fingerprint density at radius 1 is 1.64 bits per heavy atom. The van der Waals surface area contributed by atoms with Crippen LogP contribution >= 0.6 is 0 Å². The number of Topliss-reactive ketones (excluding diaryl/α,β-unsaturated/α-hetero) is 1. The van der Waals surface area contributed by atoms with E-state index in [-0.39, 0.29) is 11.7 Å². The zero-order chi connectivity index (χ0) is 8.48. The second-order valence-electron chi connectivity index (χ2n) is 3.45. The van der Waals surface area contributed by atoms with Crippen LogP contribution in [0.3, 0.4) is 0 Å². The molecule has 0 bridgehead atoms. The predicted octanol–water partition coefficient (Wildman–Crippen LogP) is 1.52. The van der Waals surface area contributed by atoms with Gasteiger partial charge in [0.05, 0.1) is 5.60 Å². The summed E-state index contributed by atoms with van der Waals surface area (Å²) in [5.74, 6) is 0.541. The number of aliphatic hydroxyl groups is 1. The lowest BCUT2D eigenvalue weighted by molar-refractivity contribution is -0.119. The monoisotopic (exact) mass is 156 g/mol. The lowest BCUT2D eigenvalue weighted by Crippen LogP contribution is -2.11. The molecule has 0 saturated heterocycles. The van der Waals surface area contributed by atoms with Gasteiger partial charge in [-0.1, -0.05) is 13.8 Å². The fourth-order valence-electron chi connectivity index (χ4n) is 1.48. The molecule has 1 aliphatic rings. The molecule has 1 rings (SSSR count). The number of carbonyl (C=O) groups is 1. The van der Waals surface area contributed by atoms with Gasteiger partial charge in [0.25, 0.3) is 0 Å². The van der Waals surface area contributed by atoms with E-state index < -0.39 is 5.60 Å². The minimum Gasteiger partial charge on any atom is -0.390 e. The summed E-state index contributed by atoms with van der Waals surface area (Å²) in [5, 5.41) is 9.59. The summed E-state index contributed by atoms with van der Waals surface area (Å²) >= 11 is 0. The zero-order valence-corrected chi connectivity index (χ0v) is 7.26. The van der Waals surface area contributed by atoms with Gasteiger partial charge >= 0.3 is 0 Å². The molecule has 0 amide bonds. The van der Waals surface area contributed by atoms with Crippen molar-refractivity contribution < 1.29 is 9.90 Å². The fraction of sp³-hybridized carbons (Fsp3) is 0.889. The van der Waals surface area contributed by atoms with E-state index in [0.29, 0.717) is 12.8 Å². The molecule has 1 aliphatic carbocycles. The number of ketones is 1. The van der Waals surface area contributed by atoms with E-state index in [4.69, 9.17) is 0 Å². The van der Waals surface area contributed by atoms with Crippen molar-refractivity contribution in [1.82, 2.24) is 0 Å². The van der Waals surface area contributed by atoms with Crippen LogP contribution < -0.4 is 0 Å². The molecule has 0 aromatic rings. The van der Waals surface area contributed by atoms with Gasteiger partial charge in [0, 0.05) is 12.8 Å². The molecule has 0 spiro atoms.